The Morgan fingerprint density at radius 3 is 1.50 bits per heavy atom. The topological polar surface area (TPSA) is 122 Å². The fourth-order valence-electron chi connectivity index (χ4n) is 1.73. The number of halogens is 5. The van der Waals surface area contributed by atoms with Gasteiger partial charge in [-0.1, -0.05) is 20.2 Å². The molecule has 3 N–H and O–H groups in total. The largest absolute Gasteiger partial charge is 0 e. The summed E-state index contributed by atoms with van der Waals surface area (Å²) in [5.74, 6) is 0.178. The SMILES string of the molecule is CC[B]O.CC[B]Oc1ccc(S(=O)(=O)NC)cc1.CNS(=O)(=O)c1ccc(F)cc1.I.I[I-]I.[V]. The van der Waals surface area contributed by atoms with Crippen LogP contribution in [-0.4, -0.2) is 50.9 Å². The van der Waals surface area contributed by atoms with Crippen LogP contribution in [0.4, 0.5) is 4.39 Å². The molecule has 0 saturated carbocycles. The molecule has 2 aromatic rings. The van der Waals surface area contributed by atoms with E-state index < -0.39 is 25.9 Å². The second-order valence-corrected chi connectivity index (χ2v) is 25.7. The molecule has 0 saturated heterocycles. The first-order chi connectivity index (χ1) is 16.0. The summed E-state index contributed by atoms with van der Waals surface area (Å²) in [6, 6.07) is 10.9. The van der Waals surface area contributed by atoms with E-state index >= 15 is 0 Å². The molecule has 0 spiro atoms. The molecule has 0 atom stereocenters. The van der Waals surface area contributed by atoms with Gasteiger partial charge in [-0.25, -0.2) is 30.7 Å². The van der Waals surface area contributed by atoms with Crippen molar-refractivity contribution < 1.29 is 62.7 Å². The zero-order valence-electron chi connectivity index (χ0n) is 19.9. The number of rotatable bonds is 8. The molecule has 0 heterocycles. The molecule has 0 aliphatic rings. The van der Waals surface area contributed by atoms with E-state index in [1.54, 1.807) is 19.6 Å². The zero-order chi connectivity index (χ0) is 26.6. The molecule has 0 bridgehead atoms. The van der Waals surface area contributed by atoms with Crippen molar-refractivity contribution in [1.29, 1.82) is 0 Å². The molecule has 2 aromatic carbocycles. The minimum Gasteiger partial charge on any atom is 0 e. The van der Waals surface area contributed by atoms with Gasteiger partial charge in [0.15, 0.2) is 0 Å². The number of hydrogen-bond acceptors (Lipinski definition) is 6. The van der Waals surface area contributed by atoms with Gasteiger partial charge in [-0.3, -0.25) is 0 Å². The third-order valence-electron chi connectivity index (χ3n) is 3.36. The molecule has 0 amide bonds. The average molecular weight is 1030 g/mol. The molecular weight excluding hydrogens is 1000 g/mol. The normalized spacial score (nSPS) is 9.78. The standard InChI is InChI=1S/C9H13BNO3S.C7H8FNO2S.C2H6BO.I3.HI.V/c1-3-10-14-8-4-6-9(7-5-8)15(12,13)11-2;1-9-12(10,11)7-4-2-6(8)3-5-7;1-2-3-4;1-3-2;;/h4-7,11H,3H2,1-2H3;2-5,9H,1H3;4H,2H2,1H3;;1H;/q;;;-1;;. The maximum atomic E-state index is 12.4. The quantitative estimate of drug-likeness (QED) is 0.270. The van der Waals surface area contributed by atoms with Crippen molar-refractivity contribution >= 4 is 96.2 Å². The van der Waals surface area contributed by atoms with Crippen LogP contribution >= 0.6 is 61.2 Å². The minimum absolute atomic E-state index is 0. The van der Waals surface area contributed by atoms with Gasteiger partial charge >= 0.3 is 58.0 Å². The Morgan fingerprint density at radius 2 is 1.22 bits per heavy atom. The van der Waals surface area contributed by atoms with E-state index in [0.29, 0.717) is 19.0 Å². The molecule has 0 unspecified atom stereocenters. The molecule has 205 valence electrons. The van der Waals surface area contributed by atoms with Gasteiger partial charge in [0, 0.05) is 18.6 Å². The van der Waals surface area contributed by atoms with Crippen LogP contribution < -0.4 is 27.4 Å². The van der Waals surface area contributed by atoms with Gasteiger partial charge in [-0.05, 0) is 68.9 Å². The van der Waals surface area contributed by atoms with Gasteiger partial charge in [0.1, 0.15) is 5.82 Å². The smallest absolute Gasteiger partial charge is 0 e. The second-order valence-electron chi connectivity index (χ2n) is 5.68. The van der Waals surface area contributed by atoms with Crippen LogP contribution in [0.15, 0.2) is 58.3 Å². The van der Waals surface area contributed by atoms with Gasteiger partial charge in [-0.15, -0.1) is 24.0 Å². The molecule has 0 aliphatic heterocycles. The first-order valence-electron chi connectivity index (χ1n) is 9.53. The van der Waals surface area contributed by atoms with Crippen LogP contribution in [0.2, 0.25) is 12.6 Å². The molecule has 3 radical (unpaired) electrons. The maximum Gasteiger partial charge on any atom is 0 e. The molecule has 8 nitrogen and oxygen atoms in total. The van der Waals surface area contributed by atoms with Gasteiger partial charge in [-0.2, -0.15) is 0 Å². The van der Waals surface area contributed by atoms with Crippen molar-refractivity contribution in [3.05, 3.63) is 54.3 Å². The van der Waals surface area contributed by atoms with Crippen LogP contribution in [0.1, 0.15) is 13.8 Å². The molecule has 0 aliphatic carbocycles. The van der Waals surface area contributed by atoms with Gasteiger partial charge in [0.05, 0.1) is 15.5 Å². The fourth-order valence-corrected chi connectivity index (χ4v) is 3.19. The number of nitrogens with one attached hydrogen (secondary N) is 2. The second kappa shape index (κ2) is 26.8. The van der Waals surface area contributed by atoms with Crippen molar-refractivity contribution in [2.75, 3.05) is 14.1 Å². The summed E-state index contributed by atoms with van der Waals surface area (Å²) >= 11 is 5.30. The number of sulfonamides is 2. The molecule has 36 heavy (non-hydrogen) atoms. The van der Waals surface area contributed by atoms with Crippen LogP contribution in [0, 0.1) is 5.82 Å². The summed E-state index contributed by atoms with van der Waals surface area (Å²) in [5.41, 5.74) is 0. The average Bonchev–Trinajstić information content (AvgIpc) is 2.84. The summed E-state index contributed by atoms with van der Waals surface area (Å²) in [5, 5.41) is 7.75. The van der Waals surface area contributed by atoms with Crippen molar-refractivity contribution in [2.45, 2.75) is 36.3 Å². The summed E-state index contributed by atoms with van der Waals surface area (Å²) in [6.45, 7) is 3.83. The van der Waals surface area contributed by atoms with Crippen LogP contribution in [0.3, 0.4) is 0 Å². The summed E-state index contributed by atoms with van der Waals surface area (Å²) in [4.78, 5) is 0.292. The van der Waals surface area contributed by atoms with Crippen LogP contribution in [0.5, 0.6) is 5.75 Å². The number of benzene rings is 2. The van der Waals surface area contributed by atoms with Crippen molar-refractivity contribution in [3.8, 4) is 5.75 Å². The fraction of sp³-hybridized carbons (Fsp3) is 0.333. The Labute approximate surface area is 275 Å². The summed E-state index contributed by atoms with van der Waals surface area (Å²) in [7, 11) is -1.32. The first kappa shape index (κ1) is 44.6. The first-order valence-corrected chi connectivity index (χ1v) is 25.1. The Balaban J connectivity index is -0.000000219. The molecule has 2 rings (SSSR count). The van der Waals surface area contributed by atoms with Crippen LogP contribution in [0.25, 0.3) is 0 Å². The van der Waals surface area contributed by atoms with E-state index in [1.807, 2.05) is 13.8 Å². The van der Waals surface area contributed by atoms with E-state index in [9.17, 15) is 21.2 Å². The third kappa shape index (κ3) is 21.4. The van der Waals surface area contributed by atoms with Crippen molar-refractivity contribution in [1.82, 2.24) is 9.44 Å². The maximum absolute atomic E-state index is 12.4. The van der Waals surface area contributed by atoms with Crippen molar-refractivity contribution in [3.63, 3.8) is 0 Å². The zero-order valence-corrected chi connectivity index (χ0v) is 31.7. The Hall–Kier alpha value is 1.58. The Bertz CT molecular complexity index is 996. The van der Waals surface area contributed by atoms with E-state index in [-0.39, 0.29) is 52.3 Å². The molecule has 0 fully saturated rings. The Morgan fingerprint density at radius 1 is 0.889 bits per heavy atom. The summed E-state index contributed by atoms with van der Waals surface area (Å²) in [6.07, 6.45) is 1.55. The predicted molar refractivity (Wildman–Crippen MR) is 164 cm³/mol. The Kier molecular flexibility index (Phi) is 33.2. The predicted octanol–water partition coefficient (Wildman–Crippen LogP) is 1.19. The summed E-state index contributed by atoms with van der Waals surface area (Å²) < 4.78 is 66.8. The monoisotopic (exact) mass is 1030 g/mol. The minimum atomic E-state index is -3.43. The van der Waals surface area contributed by atoms with E-state index in [0.717, 1.165) is 32.3 Å². The molecule has 0 aromatic heterocycles. The van der Waals surface area contributed by atoms with Crippen molar-refractivity contribution in [2.24, 2.45) is 0 Å². The van der Waals surface area contributed by atoms with Gasteiger partial charge in [0.25, 0.3) is 7.48 Å². The molecule has 18 heteroatoms. The van der Waals surface area contributed by atoms with Crippen LogP contribution in [-0.2, 0) is 38.6 Å². The third-order valence-corrected chi connectivity index (χ3v) is 6.22. The van der Waals surface area contributed by atoms with E-state index in [1.165, 1.54) is 38.4 Å². The van der Waals surface area contributed by atoms with E-state index in [2.05, 4.69) is 46.7 Å². The number of hydrogen-bond donors (Lipinski definition) is 3. The van der Waals surface area contributed by atoms with Gasteiger partial charge in [0.2, 0.25) is 20.0 Å². The van der Waals surface area contributed by atoms with Gasteiger partial charge < -0.3 is 9.68 Å². The molecular formula is C18H28B2FI4N2O6S2V-. The van der Waals surface area contributed by atoms with E-state index in [4.69, 9.17) is 9.68 Å².